The van der Waals surface area contributed by atoms with E-state index in [1.54, 1.807) is 19.1 Å². The molecular formula is C16H23N5O3. The number of carbonyl (C=O) groups is 2. The van der Waals surface area contributed by atoms with Crippen molar-refractivity contribution in [3.8, 4) is 0 Å². The van der Waals surface area contributed by atoms with Gasteiger partial charge < -0.3 is 20.3 Å². The van der Waals surface area contributed by atoms with Crippen LogP contribution in [0.5, 0.6) is 0 Å². The van der Waals surface area contributed by atoms with Crippen LogP contribution in [0.15, 0.2) is 12.4 Å². The molecule has 2 fully saturated rings. The van der Waals surface area contributed by atoms with E-state index in [4.69, 9.17) is 10.5 Å². The van der Waals surface area contributed by atoms with Crippen molar-refractivity contribution in [2.45, 2.75) is 24.9 Å². The molecule has 3 rings (SSSR count). The number of nitrogens with zero attached hydrogens (tertiary/aromatic N) is 4. The molecule has 8 heteroatoms. The van der Waals surface area contributed by atoms with Gasteiger partial charge in [0.05, 0.1) is 5.56 Å². The fourth-order valence-electron chi connectivity index (χ4n) is 3.21. The summed E-state index contributed by atoms with van der Waals surface area (Å²) in [4.78, 5) is 36.1. The van der Waals surface area contributed by atoms with Crippen LogP contribution in [-0.4, -0.2) is 71.0 Å². The average molecular weight is 333 g/mol. The molecule has 0 bridgehead atoms. The minimum absolute atomic E-state index is 0.0911. The number of nitrogen functional groups attached to an aromatic ring is 1. The Balaban J connectivity index is 1.54. The van der Waals surface area contributed by atoms with E-state index in [0.717, 1.165) is 25.8 Å². The van der Waals surface area contributed by atoms with Crippen LogP contribution in [0.4, 0.5) is 5.95 Å². The van der Waals surface area contributed by atoms with Gasteiger partial charge in [-0.2, -0.15) is 0 Å². The van der Waals surface area contributed by atoms with Gasteiger partial charge in [-0.1, -0.05) is 0 Å². The number of carbonyl (C=O) groups excluding carboxylic acids is 2. The molecular weight excluding hydrogens is 310 g/mol. The maximum absolute atomic E-state index is 12.5. The Morgan fingerprint density at radius 1 is 1.42 bits per heavy atom. The molecule has 1 atom stereocenters. The van der Waals surface area contributed by atoms with Crippen molar-refractivity contribution >= 4 is 17.8 Å². The molecule has 0 aromatic carbocycles. The van der Waals surface area contributed by atoms with Crippen LogP contribution in [-0.2, 0) is 9.53 Å². The maximum atomic E-state index is 12.5. The zero-order chi connectivity index (χ0) is 17.3. The molecule has 24 heavy (non-hydrogen) atoms. The van der Waals surface area contributed by atoms with Crippen LogP contribution in [0.1, 0.15) is 29.6 Å². The molecule has 130 valence electrons. The molecule has 2 aliphatic rings. The smallest absolute Gasteiger partial charge is 0.256 e. The van der Waals surface area contributed by atoms with Gasteiger partial charge in [0.2, 0.25) is 5.95 Å². The summed E-state index contributed by atoms with van der Waals surface area (Å²) in [6.45, 7) is 1.98. The third kappa shape index (κ3) is 3.19. The molecule has 1 unspecified atom stereocenters. The summed E-state index contributed by atoms with van der Waals surface area (Å²) in [5, 5.41) is 0. The average Bonchev–Trinajstić information content (AvgIpc) is 3.26. The van der Waals surface area contributed by atoms with Crippen LogP contribution in [0.2, 0.25) is 0 Å². The Morgan fingerprint density at radius 2 is 2.08 bits per heavy atom. The molecule has 2 amide bonds. The number of nitrogens with two attached hydrogens (primary N) is 1. The molecule has 1 aliphatic heterocycles. The number of ether oxygens (including phenoxy) is 1. The lowest BCUT2D eigenvalue weighted by molar-refractivity contribution is -0.143. The molecule has 1 saturated heterocycles. The van der Waals surface area contributed by atoms with E-state index in [0.29, 0.717) is 18.7 Å². The Labute approximate surface area is 141 Å². The summed E-state index contributed by atoms with van der Waals surface area (Å²) in [6, 6.07) is 0. The first-order valence-electron chi connectivity index (χ1n) is 8.13. The predicted molar refractivity (Wildman–Crippen MR) is 87.1 cm³/mol. The van der Waals surface area contributed by atoms with Crippen molar-refractivity contribution in [1.29, 1.82) is 0 Å². The summed E-state index contributed by atoms with van der Waals surface area (Å²) < 4.78 is 5.37. The maximum Gasteiger partial charge on any atom is 0.256 e. The third-order valence-electron chi connectivity index (χ3n) is 4.86. The zero-order valence-electron chi connectivity index (χ0n) is 14.1. The number of rotatable bonds is 5. The lowest BCUT2D eigenvalue weighted by Gasteiger charge is -2.24. The van der Waals surface area contributed by atoms with Crippen LogP contribution in [0.3, 0.4) is 0 Å². The lowest BCUT2D eigenvalue weighted by atomic mass is 10.1. The third-order valence-corrected chi connectivity index (χ3v) is 4.86. The van der Waals surface area contributed by atoms with Crippen LogP contribution in [0.25, 0.3) is 0 Å². The fraction of sp³-hybridized carbons (Fsp3) is 0.625. The van der Waals surface area contributed by atoms with Crippen molar-refractivity contribution in [3.63, 3.8) is 0 Å². The van der Waals surface area contributed by atoms with Gasteiger partial charge in [0.25, 0.3) is 11.8 Å². The van der Waals surface area contributed by atoms with Gasteiger partial charge in [-0.25, -0.2) is 9.97 Å². The molecule has 1 saturated carbocycles. The van der Waals surface area contributed by atoms with E-state index < -0.39 is 5.60 Å². The van der Waals surface area contributed by atoms with Crippen molar-refractivity contribution in [2.24, 2.45) is 5.92 Å². The number of aromatic nitrogens is 2. The Hall–Kier alpha value is -2.22. The molecule has 0 spiro atoms. The highest BCUT2D eigenvalue weighted by Gasteiger charge is 2.53. The van der Waals surface area contributed by atoms with E-state index in [-0.39, 0.29) is 23.7 Å². The van der Waals surface area contributed by atoms with Crippen LogP contribution >= 0.6 is 0 Å². The first kappa shape index (κ1) is 16.6. The number of methoxy groups -OCH3 is 1. The highest BCUT2D eigenvalue weighted by Crippen LogP contribution is 2.41. The molecule has 2 N–H and O–H groups in total. The van der Waals surface area contributed by atoms with Gasteiger partial charge >= 0.3 is 0 Å². The van der Waals surface area contributed by atoms with Crippen molar-refractivity contribution in [2.75, 3.05) is 39.5 Å². The fourth-order valence-corrected chi connectivity index (χ4v) is 3.21. The molecule has 8 nitrogen and oxygen atoms in total. The quantitative estimate of drug-likeness (QED) is 0.823. The van der Waals surface area contributed by atoms with E-state index in [2.05, 4.69) is 9.97 Å². The highest BCUT2D eigenvalue weighted by atomic mass is 16.5. The second-order valence-corrected chi connectivity index (χ2v) is 6.62. The SMILES string of the molecule is COC1(C(=O)N2CCC(CN(C)C(=O)c3cnc(N)nc3)C2)CC1. The van der Waals surface area contributed by atoms with E-state index >= 15 is 0 Å². The van der Waals surface area contributed by atoms with E-state index in [9.17, 15) is 9.59 Å². The first-order chi connectivity index (χ1) is 11.4. The van der Waals surface area contributed by atoms with Crippen molar-refractivity contribution < 1.29 is 14.3 Å². The number of amides is 2. The van der Waals surface area contributed by atoms with Gasteiger partial charge in [0.1, 0.15) is 5.60 Å². The summed E-state index contributed by atoms with van der Waals surface area (Å²) in [5.74, 6) is 0.361. The normalized spacial score (nSPS) is 21.6. The lowest BCUT2D eigenvalue weighted by Crippen LogP contribution is -2.41. The summed E-state index contributed by atoms with van der Waals surface area (Å²) >= 11 is 0. The standard InChI is InChI=1S/C16H23N5O3/c1-20(13(22)12-7-18-15(17)19-8-12)9-11-3-6-21(10-11)14(23)16(24-2)4-5-16/h7-8,11H,3-6,9-10H2,1-2H3,(H2,17,18,19). The van der Waals surface area contributed by atoms with Gasteiger partial charge in [-0.15, -0.1) is 0 Å². The largest absolute Gasteiger partial charge is 0.368 e. The number of hydrogen-bond acceptors (Lipinski definition) is 6. The summed E-state index contributed by atoms with van der Waals surface area (Å²) in [6.07, 6.45) is 5.36. The molecule has 0 radical (unpaired) electrons. The minimum atomic E-state index is -0.572. The zero-order valence-corrected chi connectivity index (χ0v) is 14.1. The molecule has 1 aromatic heterocycles. The molecule has 1 aliphatic carbocycles. The second-order valence-electron chi connectivity index (χ2n) is 6.62. The van der Waals surface area contributed by atoms with Gasteiger partial charge in [0, 0.05) is 46.2 Å². The minimum Gasteiger partial charge on any atom is -0.368 e. The van der Waals surface area contributed by atoms with Gasteiger partial charge in [-0.3, -0.25) is 9.59 Å². The Kier molecular flexibility index (Phi) is 4.40. The van der Waals surface area contributed by atoms with Crippen LogP contribution in [0, 0.1) is 5.92 Å². The highest BCUT2D eigenvalue weighted by molar-refractivity contribution is 5.93. The van der Waals surface area contributed by atoms with Crippen LogP contribution < -0.4 is 5.73 Å². The van der Waals surface area contributed by atoms with E-state index in [1.807, 2.05) is 4.90 Å². The first-order valence-corrected chi connectivity index (χ1v) is 8.13. The van der Waals surface area contributed by atoms with Crippen molar-refractivity contribution in [3.05, 3.63) is 18.0 Å². The van der Waals surface area contributed by atoms with E-state index in [1.165, 1.54) is 12.4 Å². The predicted octanol–water partition coefficient (Wildman–Crippen LogP) is 0.158. The second kappa shape index (κ2) is 6.35. The van der Waals surface area contributed by atoms with Gasteiger partial charge in [-0.05, 0) is 25.2 Å². The van der Waals surface area contributed by atoms with Gasteiger partial charge in [0.15, 0.2) is 0 Å². The number of hydrogen-bond donors (Lipinski definition) is 1. The number of anilines is 1. The summed E-state index contributed by atoms with van der Waals surface area (Å²) in [5.41, 5.74) is 5.27. The molecule has 1 aromatic rings. The Morgan fingerprint density at radius 3 is 2.67 bits per heavy atom. The number of likely N-dealkylation sites (tertiary alicyclic amines) is 1. The Bertz CT molecular complexity index is 629. The monoisotopic (exact) mass is 333 g/mol. The van der Waals surface area contributed by atoms with Crippen molar-refractivity contribution in [1.82, 2.24) is 19.8 Å². The summed E-state index contributed by atoms with van der Waals surface area (Å²) in [7, 11) is 3.35. The molecule has 2 heterocycles. The topological polar surface area (TPSA) is 102 Å².